The molecule has 0 aliphatic carbocycles. The number of nitrogens with zero attached hydrogens (tertiary/aromatic N) is 2. The molecule has 264 valence electrons. The van der Waals surface area contributed by atoms with Gasteiger partial charge in [0, 0.05) is 33.5 Å². The van der Waals surface area contributed by atoms with Gasteiger partial charge < -0.3 is 9.47 Å². The Morgan fingerprint density at radius 2 is 0.696 bits per heavy atom. The van der Waals surface area contributed by atoms with Gasteiger partial charge in [0.15, 0.2) is 0 Å². The van der Waals surface area contributed by atoms with Crippen molar-refractivity contribution in [3.05, 3.63) is 231 Å². The molecule has 0 radical (unpaired) electrons. The Hall–Kier alpha value is -7.42. The summed E-state index contributed by atoms with van der Waals surface area (Å²) in [5.74, 6) is 0. The summed E-state index contributed by atoms with van der Waals surface area (Å²) in [5.41, 5.74) is 16.3. The first-order valence-corrected chi connectivity index (χ1v) is 19.2. The highest BCUT2D eigenvalue weighted by Crippen LogP contribution is 2.43. The summed E-state index contributed by atoms with van der Waals surface area (Å²) < 4.78 is 2.39. The number of hydrogen-bond donors (Lipinski definition) is 0. The Bertz CT molecular complexity index is 2930. The lowest BCUT2D eigenvalue weighted by Gasteiger charge is -2.27. The molecule has 9 aromatic carbocycles. The maximum atomic E-state index is 2.40. The molecular formula is C54H38N2. The van der Waals surface area contributed by atoms with E-state index in [1.807, 2.05) is 0 Å². The topological polar surface area (TPSA) is 8.17 Å². The molecule has 1 heterocycles. The molecule has 2 nitrogen and oxygen atoms in total. The molecule has 0 aliphatic rings. The smallest absolute Gasteiger partial charge is 0.0561 e. The summed E-state index contributed by atoms with van der Waals surface area (Å²) in [7, 11) is 0. The van der Waals surface area contributed by atoms with Gasteiger partial charge in [0.2, 0.25) is 0 Å². The first kappa shape index (κ1) is 33.2. The molecule has 0 saturated carbocycles. The van der Waals surface area contributed by atoms with Crippen molar-refractivity contribution in [2.24, 2.45) is 0 Å². The van der Waals surface area contributed by atoms with E-state index in [9.17, 15) is 0 Å². The molecule has 1 aromatic heterocycles. The van der Waals surface area contributed by atoms with Crippen LogP contribution in [0.25, 0.3) is 72.0 Å². The van der Waals surface area contributed by atoms with Gasteiger partial charge >= 0.3 is 0 Å². The second kappa shape index (κ2) is 14.4. The zero-order valence-electron chi connectivity index (χ0n) is 30.8. The van der Waals surface area contributed by atoms with Crippen molar-refractivity contribution in [1.82, 2.24) is 4.57 Å². The number of benzene rings is 9. The SMILES string of the molecule is c1ccc(-c2ccccc2-c2ccc(N(c3ccc(-c4ccccc4)c(-c4ccccc4)c3)c3ccc4c5ccccc5n(-c5ccccc5)c4c3)cc2)cc1. The van der Waals surface area contributed by atoms with E-state index in [-0.39, 0.29) is 0 Å². The van der Waals surface area contributed by atoms with E-state index in [4.69, 9.17) is 0 Å². The molecule has 56 heavy (non-hydrogen) atoms. The average Bonchev–Trinajstić information content (AvgIpc) is 3.61. The van der Waals surface area contributed by atoms with Crippen LogP contribution in [0.2, 0.25) is 0 Å². The third-order valence-corrected chi connectivity index (χ3v) is 10.8. The van der Waals surface area contributed by atoms with Crippen LogP contribution in [0.4, 0.5) is 17.1 Å². The number of anilines is 3. The van der Waals surface area contributed by atoms with Gasteiger partial charge in [-0.3, -0.25) is 0 Å². The van der Waals surface area contributed by atoms with E-state index < -0.39 is 0 Å². The highest BCUT2D eigenvalue weighted by Gasteiger charge is 2.20. The Labute approximate surface area is 327 Å². The van der Waals surface area contributed by atoms with Crippen molar-refractivity contribution in [1.29, 1.82) is 0 Å². The van der Waals surface area contributed by atoms with Crippen LogP contribution in [0, 0.1) is 0 Å². The first-order valence-electron chi connectivity index (χ1n) is 19.2. The molecule has 0 unspecified atom stereocenters. The van der Waals surface area contributed by atoms with Gasteiger partial charge in [-0.15, -0.1) is 0 Å². The van der Waals surface area contributed by atoms with Crippen molar-refractivity contribution in [2.75, 3.05) is 4.90 Å². The minimum Gasteiger partial charge on any atom is -0.310 e. The Morgan fingerprint density at radius 3 is 1.32 bits per heavy atom. The fourth-order valence-electron chi connectivity index (χ4n) is 8.19. The van der Waals surface area contributed by atoms with Crippen LogP contribution in [0.3, 0.4) is 0 Å². The van der Waals surface area contributed by atoms with Gasteiger partial charge in [-0.25, -0.2) is 0 Å². The van der Waals surface area contributed by atoms with E-state index in [1.165, 1.54) is 60.8 Å². The monoisotopic (exact) mass is 714 g/mol. The number of para-hydroxylation sites is 2. The predicted molar refractivity (Wildman–Crippen MR) is 237 cm³/mol. The lowest BCUT2D eigenvalue weighted by Crippen LogP contribution is -2.10. The van der Waals surface area contributed by atoms with Crippen LogP contribution in [0.5, 0.6) is 0 Å². The summed E-state index contributed by atoms with van der Waals surface area (Å²) in [6, 6.07) is 83.1. The zero-order valence-corrected chi connectivity index (χ0v) is 30.8. The van der Waals surface area contributed by atoms with Crippen molar-refractivity contribution in [3.63, 3.8) is 0 Å². The van der Waals surface area contributed by atoms with E-state index >= 15 is 0 Å². The quantitative estimate of drug-likeness (QED) is 0.152. The van der Waals surface area contributed by atoms with Crippen molar-refractivity contribution in [3.8, 4) is 50.2 Å². The molecule has 0 N–H and O–H groups in total. The number of aromatic nitrogens is 1. The number of hydrogen-bond acceptors (Lipinski definition) is 1. The van der Waals surface area contributed by atoms with Crippen molar-refractivity contribution in [2.45, 2.75) is 0 Å². The van der Waals surface area contributed by atoms with E-state index in [1.54, 1.807) is 0 Å². The lowest BCUT2D eigenvalue weighted by atomic mass is 9.93. The Morgan fingerprint density at radius 1 is 0.268 bits per heavy atom. The minimum absolute atomic E-state index is 1.08. The standard InChI is InChI=1S/C54H38N2/c1-5-17-39(18-6-1)47-25-13-14-26-48(47)42-29-31-44(32-30-42)55(45-33-35-49(40-19-7-2-8-20-40)52(37-45)41-21-9-3-10-22-41)46-34-36-51-50-27-15-16-28-53(50)56(54(51)38-46)43-23-11-4-12-24-43/h1-38H. The highest BCUT2D eigenvalue weighted by molar-refractivity contribution is 6.10. The van der Waals surface area contributed by atoms with E-state index in [0.717, 1.165) is 28.3 Å². The molecule has 0 bridgehead atoms. The molecular weight excluding hydrogens is 677 g/mol. The maximum Gasteiger partial charge on any atom is 0.0561 e. The van der Waals surface area contributed by atoms with Gasteiger partial charge in [-0.1, -0.05) is 176 Å². The summed E-state index contributed by atoms with van der Waals surface area (Å²) in [6.45, 7) is 0. The van der Waals surface area contributed by atoms with Crippen LogP contribution in [-0.4, -0.2) is 4.57 Å². The summed E-state index contributed by atoms with van der Waals surface area (Å²) in [6.07, 6.45) is 0. The fraction of sp³-hybridized carbons (Fsp3) is 0. The molecule has 0 aliphatic heterocycles. The second-order valence-electron chi connectivity index (χ2n) is 14.1. The molecule has 0 saturated heterocycles. The molecule has 0 amide bonds. The molecule has 10 aromatic rings. The third kappa shape index (κ3) is 6.04. The van der Waals surface area contributed by atoms with Gasteiger partial charge in [-0.2, -0.15) is 0 Å². The van der Waals surface area contributed by atoms with Gasteiger partial charge in [0.1, 0.15) is 0 Å². The highest BCUT2D eigenvalue weighted by atomic mass is 15.1. The van der Waals surface area contributed by atoms with Crippen LogP contribution in [-0.2, 0) is 0 Å². The summed E-state index contributed by atoms with van der Waals surface area (Å²) >= 11 is 0. The maximum absolute atomic E-state index is 2.40. The van der Waals surface area contributed by atoms with Gasteiger partial charge in [-0.05, 0) is 99.1 Å². The Kier molecular flexibility index (Phi) is 8.55. The van der Waals surface area contributed by atoms with E-state index in [2.05, 4.69) is 240 Å². The normalized spacial score (nSPS) is 11.2. The number of rotatable bonds is 8. The molecule has 0 spiro atoms. The number of fused-ring (bicyclic) bond motifs is 3. The van der Waals surface area contributed by atoms with Crippen LogP contribution in [0.1, 0.15) is 0 Å². The van der Waals surface area contributed by atoms with E-state index in [0.29, 0.717) is 0 Å². The molecule has 0 atom stereocenters. The summed E-state index contributed by atoms with van der Waals surface area (Å²) in [5, 5.41) is 2.47. The fourth-order valence-corrected chi connectivity index (χ4v) is 8.19. The van der Waals surface area contributed by atoms with Crippen LogP contribution < -0.4 is 4.90 Å². The van der Waals surface area contributed by atoms with Crippen molar-refractivity contribution >= 4 is 38.9 Å². The minimum atomic E-state index is 1.08. The molecule has 10 rings (SSSR count). The summed E-state index contributed by atoms with van der Waals surface area (Å²) in [4.78, 5) is 2.40. The Balaban J connectivity index is 1.18. The van der Waals surface area contributed by atoms with Gasteiger partial charge in [0.05, 0.1) is 11.0 Å². The third-order valence-electron chi connectivity index (χ3n) is 10.8. The zero-order chi connectivity index (χ0) is 37.3. The van der Waals surface area contributed by atoms with Gasteiger partial charge in [0.25, 0.3) is 0 Å². The average molecular weight is 715 g/mol. The largest absolute Gasteiger partial charge is 0.310 e. The molecule has 0 fully saturated rings. The molecule has 2 heteroatoms. The predicted octanol–water partition coefficient (Wildman–Crippen LogP) is 14.9. The first-order chi connectivity index (χ1) is 27.8. The second-order valence-corrected chi connectivity index (χ2v) is 14.1. The van der Waals surface area contributed by atoms with Crippen molar-refractivity contribution < 1.29 is 0 Å². The van der Waals surface area contributed by atoms with Crippen LogP contribution in [0.15, 0.2) is 231 Å². The van der Waals surface area contributed by atoms with Crippen LogP contribution >= 0.6 is 0 Å². The lowest BCUT2D eigenvalue weighted by molar-refractivity contribution is 1.18.